The lowest BCUT2D eigenvalue weighted by Gasteiger charge is -2.10. The van der Waals surface area contributed by atoms with E-state index >= 15 is 0 Å². The molecule has 1 atom stereocenters. The van der Waals surface area contributed by atoms with Crippen molar-refractivity contribution in [2.24, 2.45) is 5.73 Å². The van der Waals surface area contributed by atoms with Crippen molar-refractivity contribution in [3.05, 3.63) is 29.8 Å². The molecule has 1 unspecified atom stereocenters. The number of carbonyl (C=O) groups excluding carboxylic acids is 1. The Bertz CT molecular complexity index is 363. The number of hydrogen-bond donors (Lipinski definition) is 2. The molecule has 0 fully saturated rings. The number of nitrogens with two attached hydrogens (primary N) is 2. The van der Waals surface area contributed by atoms with Crippen LogP contribution >= 0.6 is 0 Å². The molecule has 0 radical (unpaired) electrons. The summed E-state index contributed by atoms with van der Waals surface area (Å²) >= 11 is 0. The fraction of sp³-hybridized carbons (Fsp3) is 0.500. The number of benzene rings is 1. The number of nitrogen functional groups attached to an aromatic ring is 1. The zero-order chi connectivity index (χ0) is 13.4. The molecule has 0 aliphatic rings. The van der Waals surface area contributed by atoms with E-state index in [1.54, 1.807) is 0 Å². The van der Waals surface area contributed by atoms with Gasteiger partial charge in [0, 0.05) is 5.69 Å². The number of hydrogen-bond acceptors (Lipinski definition) is 4. The van der Waals surface area contributed by atoms with Crippen LogP contribution in [0, 0.1) is 0 Å². The Kier molecular flexibility index (Phi) is 6.22. The Labute approximate surface area is 108 Å². The van der Waals surface area contributed by atoms with Gasteiger partial charge in [-0.1, -0.05) is 19.1 Å². The van der Waals surface area contributed by atoms with Crippen LogP contribution in [-0.2, 0) is 16.0 Å². The maximum absolute atomic E-state index is 11.4. The van der Waals surface area contributed by atoms with Crippen LogP contribution in [0.5, 0.6) is 0 Å². The van der Waals surface area contributed by atoms with Gasteiger partial charge in [-0.2, -0.15) is 0 Å². The summed E-state index contributed by atoms with van der Waals surface area (Å²) in [5.74, 6) is -0.297. The van der Waals surface area contributed by atoms with Gasteiger partial charge in [-0.25, -0.2) is 0 Å². The van der Waals surface area contributed by atoms with Crippen LogP contribution in [0.25, 0.3) is 0 Å². The van der Waals surface area contributed by atoms with Gasteiger partial charge < -0.3 is 16.2 Å². The van der Waals surface area contributed by atoms with E-state index in [0.717, 1.165) is 24.9 Å². The highest BCUT2D eigenvalue weighted by Gasteiger charge is 2.13. The molecule has 1 aromatic rings. The molecule has 4 heteroatoms. The maximum Gasteiger partial charge on any atom is 0.322 e. The molecule has 0 aromatic heterocycles. The predicted octanol–water partition coefficient (Wildman–Crippen LogP) is 1.87. The van der Waals surface area contributed by atoms with Gasteiger partial charge in [0.05, 0.1) is 6.61 Å². The highest BCUT2D eigenvalue weighted by atomic mass is 16.5. The molecule has 100 valence electrons. The minimum Gasteiger partial charge on any atom is -0.465 e. The number of ether oxygens (including phenoxy) is 1. The van der Waals surface area contributed by atoms with Gasteiger partial charge >= 0.3 is 5.97 Å². The second kappa shape index (κ2) is 7.71. The minimum atomic E-state index is -0.509. The molecule has 0 saturated carbocycles. The quantitative estimate of drug-likeness (QED) is 0.572. The fourth-order valence-corrected chi connectivity index (χ4v) is 1.64. The zero-order valence-electron chi connectivity index (χ0n) is 10.9. The summed E-state index contributed by atoms with van der Waals surface area (Å²) in [6, 6.07) is 7.24. The van der Waals surface area contributed by atoms with E-state index in [9.17, 15) is 4.79 Å². The van der Waals surface area contributed by atoms with Crippen molar-refractivity contribution in [1.82, 2.24) is 0 Å². The Balaban J connectivity index is 2.24. The zero-order valence-corrected chi connectivity index (χ0v) is 10.9. The second-order valence-corrected chi connectivity index (χ2v) is 4.41. The Hall–Kier alpha value is -1.55. The first-order valence-corrected chi connectivity index (χ1v) is 6.40. The SMILES string of the molecule is CCCOC(=O)C(N)CCCc1ccc(N)cc1. The van der Waals surface area contributed by atoms with Crippen LogP contribution in [0.4, 0.5) is 5.69 Å². The highest BCUT2D eigenvalue weighted by Crippen LogP contribution is 2.09. The van der Waals surface area contributed by atoms with E-state index in [2.05, 4.69) is 0 Å². The van der Waals surface area contributed by atoms with Gasteiger partial charge in [0.25, 0.3) is 0 Å². The normalized spacial score (nSPS) is 12.1. The molecule has 0 saturated heterocycles. The van der Waals surface area contributed by atoms with Crippen molar-refractivity contribution >= 4 is 11.7 Å². The lowest BCUT2D eigenvalue weighted by atomic mass is 10.0. The summed E-state index contributed by atoms with van der Waals surface area (Å²) in [5.41, 5.74) is 13.3. The average molecular weight is 250 g/mol. The summed E-state index contributed by atoms with van der Waals surface area (Å²) in [7, 11) is 0. The molecular weight excluding hydrogens is 228 g/mol. The second-order valence-electron chi connectivity index (χ2n) is 4.41. The molecule has 4 nitrogen and oxygen atoms in total. The van der Waals surface area contributed by atoms with Gasteiger partial charge in [-0.3, -0.25) is 4.79 Å². The molecule has 4 N–H and O–H groups in total. The molecule has 0 aliphatic carbocycles. The number of esters is 1. The minimum absolute atomic E-state index is 0.297. The highest BCUT2D eigenvalue weighted by molar-refractivity contribution is 5.75. The van der Waals surface area contributed by atoms with Crippen LogP contribution < -0.4 is 11.5 Å². The molecule has 0 amide bonds. The third kappa shape index (κ3) is 5.19. The van der Waals surface area contributed by atoms with E-state index < -0.39 is 6.04 Å². The largest absolute Gasteiger partial charge is 0.465 e. The first-order chi connectivity index (χ1) is 8.63. The van der Waals surface area contributed by atoms with Crippen molar-refractivity contribution in [1.29, 1.82) is 0 Å². The molecular formula is C14H22N2O2. The summed E-state index contributed by atoms with van der Waals surface area (Å²) < 4.78 is 4.99. The maximum atomic E-state index is 11.4. The molecule has 0 heterocycles. The van der Waals surface area contributed by atoms with Gasteiger partial charge in [0.15, 0.2) is 0 Å². The van der Waals surface area contributed by atoms with Crippen molar-refractivity contribution < 1.29 is 9.53 Å². The third-order valence-electron chi connectivity index (χ3n) is 2.71. The van der Waals surface area contributed by atoms with Crippen molar-refractivity contribution in [2.75, 3.05) is 12.3 Å². The van der Waals surface area contributed by atoms with Gasteiger partial charge in [0.2, 0.25) is 0 Å². The van der Waals surface area contributed by atoms with Crippen LogP contribution in [0.15, 0.2) is 24.3 Å². The van der Waals surface area contributed by atoms with E-state index in [4.69, 9.17) is 16.2 Å². The summed E-state index contributed by atoms with van der Waals surface area (Å²) in [5, 5.41) is 0. The van der Waals surface area contributed by atoms with Crippen LogP contribution in [0.1, 0.15) is 31.7 Å². The Morgan fingerprint density at radius 3 is 2.61 bits per heavy atom. The van der Waals surface area contributed by atoms with E-state index in [0.29, 0.717) is 13.0 Å². The van der Waals surface area contributed by atoms with E-state index in [1.165, 1.54) is 5.56 Å². The lowest BCUT2D eigenvalue weighted by Crippen LogP contribution is -2.32. The van der Waals surface area contributed by atoms with Crippen LogP contribution in [0.3, 0.4) is 0 Å². The third-order valence-corrected chi connectivity index (χ3v) is 2.71. The molecule has 18 heavy (non-hydrogen) atoms. The summed E-state index contributed by atoms with van der Waals surface area (Å²) in [6.45, 7) is 2.41. The molecule has 0 spiro atoms. The molecule has 1 aromatic carbocycles. The van der Waals surface area contributed by atoms with Crippen molar-refractivity contribution in [3.8, 4) is 0 Å². The first-order valence-electron chi connectivity index (χ1n) is 6.40. The topological polar surface area (TPSA) is 78.3 Å². The summed E-state index contributed by atoms with van der Waals surface area (Å²) in [6.07, 6.45) is 3.23. The van der Waals surface area contributed by atoms with Gasteiger partial charge in [-0.15, -0.1) is 0 Å². The van der Waals surface area contributed by atoms with E-state index in [1.807, 2.05) is 31.2 Å². The molecule has 1 rings (SSSR count). The summed E-state index contributed by atoms with van der Waals surface area (Å²) in [4.78, 5) is 11.4. The predicted molar refractivity (Wildman–Crippen MR) is 73.0 cm³/mol. The van der Waals surface area contributed by atoms with Gasteiger partial charge in [0.1, 0.15) is 6.04 Å². The van der Waals surface area contributed by atoms with Crippen LogP contribution in [0.2, 0.25) is 0 Å². The molecule has 0 aliphatic heterocycles. The Morgan fingerprint density at radius 1 is 1.33 bits per heavy atom. The fourth-order valence-electron chi connectivity index (χ4n) is 1.64. The monoisotopic (exact) mass is 250 g/mol. The standard InChI is InChI=1S/C14H22N2O2/c1-2-10-18-14(17)13(16)5-3-4-11-6-8-12(15)9-7-11/h6-9,13H,2-5,10,15-16H2,1H3. The smallest absolute Gasteiger partial charge is 0.322 e. The number of anilines is 1. The van der Waals surface area contributed by atoms with Gasteiger partial charge in [-0.05, 0) is 43.4 Å². The number of aryl methyl sites for hydroxylation is 1. The van der Waals surface area contributed by atoms with E-state index in [-0.39, 0.29) is 5.97 Å². The Morgan fingerprint density at radius 2 is 2.00 bits per heavy atom. The lowest BCUT2D eigenvalue weighted by molar-refractivity contribution is -0.145. The molecule has 0 bridgehead atoms. The van der Waals surface area contributed by atoms with Crippen molar-refractivity contribution in [2.45, 2.75) is 38.6 Å². The van der Waals surface area contributed by atoms with Crippen LogP contribution in [-0.4, -0.2) is 18.6 Å². The van der Waals surface area contributed by atoms with Crippen molar-refractivity contribution in [3.63, 3.8) is 0 Å². The number of carbonyl (C=O) groups is 1. The first kappa shape index (κ1) is 14.5. The average Bonchev–Trinajstić information content (AvgIpc) is 2.38. The number of rotatable bonds is 7.